The Morgan fingerprint density at radius 2 is 1.75 bits per heavy atom. The van der Waals surface area contributed by atoms with Gasteiger partial charge in [0.2, 0.25) is 0 Å². The largest absolute Gasteiger partial charge is 0.478 e. The molecule has 2 N–H and O–H groups in total. The van der Waals surface area contributed by atoms with Crippen LogP contribution in [0, 0.1) is 10.1 Å². The van der Waals surface area contributed by atoms with Crippen LogP contribution >= 0.6 is 15.9 Å². The van der Waals surface area contributed by atoms with E-state index >= 15 is 0 Å². The van der Waals surface area contributed by atoms with Crippen molar-refractivity contribution in [3.05, 3.63) is 50.0 Å². The number of rotatable bonds is 3. The minimum Gasteiger partial charge on any atom is -0.478 e. The molecule has 0 atom stereocenters. The number of hydrogen-bond donors (Lipinski definition) is 2. The number of fused-ring (bicyclic) bond motifs is 1. The topological polar surface area (TPSA) is 118 Å². The number of halogens is 1. The molecule has 20 heavy (non-hydrogen) atoms. The predicted octanol–water partition coefficient (Wildman–Crippen LogP) is 2.91. The lowest BCUT2D eigenvalue weighted by Gasteiger charge is -2.08. The molecule has 0 unspecified atom stereocenters. The number of nitro groups is 1. The quantitative estimate of drug-likeness (QED) is 0.655. The molecule has 2 rings (SSSR count). The minimum absolute atomic E-state index is 0.0469. The van der Waals surface area contributed by atoms with Gasteiger partial charge in [0.1, 0.15) is 4.47 Å². The van der Waals surface area contributed by atoms with E-state index in [4.69, 9.17) is 10.2 Å². The zero-order chi connectivity index (χ0) is 15.0. The molecule has 0 aliphatic rings. The monoisotopic (exact) mass is 339 g/mol. The van der Waals surface area contributed by atoms with Crippen LogP contribution in [-0.2, 0) is 0 Å². The van der Waals surface area contributed by atoms with Gasteiger partial charge in [-0.05, 0) is 22.0 Å². The normalized spacial score (nSPS) is 10.4. The maximum Gasteiger partial charge on any atom is 0.336 e. The van der Waals surface area contributed by atoms with Crippen molar-refractivity contribution in [1.82, 2.24) is 0 Å². The van der Waals surface area contributed by atoms with Crippen LogP contribution in [0.5, 0.6) is 0 Å². The second-order valence-corrected chi connectivity index (χ2v) is 4.65. The maximum absolute atomic E-state index is 11.2. The van der Waals surface area contributed by atoms with Crippen LogP contribution in [0.25, 0.3) is 10.8 Å². The summed E-state index contributed by atoms with van der Waals surface area (Å²) in [7, 11) is 0. The second-order valence-electron chi connectivity index (χ2n) is 3.85. The van der Waals surface area contributed by atoms with Gasteiger partial charge in [-0.2, -0.15) is 0 Å². The van der Waals surface area contributed by atoms with Crippen molar-refractivity contribution in [1.29, 1.82) is 0 Å². The lowest BCUT2D eigenvalue weighted by molar-refractivity contribution is -0.385. The molecular formula is C12H6BrNO6. The predicted molar refractivity (Wildman–Crippen MR) is 72.2 cm³/mol. The third-order valence-corrected chi connectivity index (χ3v) is 3.57. The summed E-state index contributed by atoms with van der Waals surface area (Å²) in [5, 5.41) is 29.3. The van der Waals surface area contributed by atoms with E-state index in [1.807, 2.05) is 0 Å². The van der Waals surface area contributed by atoms with Gasteiger partial charge in [-0.3, -0.25) is 10.1 Å². The van der Waals surface area contributed by atoms with Crippen molar-refractivity contribution in [2.24, 2.45) is 0 Å². The van der Waals surface area contributed by atoms with Gasteiger partial charge in [-0.1, -0.05) is 12.1 Å². The van der Waals surface area contributed by atoms with Crippen LogP contribution in [0.2, 0.25) is 0 Å². The average molecular weight is 340 g/mol. The number of nitro benzene ring substituents is 1. The number of nitrogens with zero attached hydrogens (tertiary/aromatic N) is 1. The molecule has 2 aromatic rings. The third-order valence-electron chi connectivity index (χ3n) is 2.73. The van der Waals surface area contributed by atoms with Crippen molar-refractivity contribution in [3.63, 3.8) is 0 Å². The number of benzene rings is 2. The van der Waals surface area contributed by atoms with E-state index in [0.717, 1.165) is 6.07 Å². The van der Waals surface area contributed by atoms with Crippen molar-refractivity contribution < 1.29 is 24.7 Å². The number of carboxylic acid groups (broad SMARTS) is 2. The molecule has 0 radical (unpaired) electrons. The fourth-order valence-corrected chi connectivity index (χ4v) is 2.51. The van der Waals surface area contributed by atoms with Crippen molar-refractivity contribution in [2.45, 2.75) is 0 Å². The highest BCUT2D eigenvalue weighted by Gasteiger charge is 2.24. The van der Waals surface area contributed by atoms with Gasteiger partial charge < -0.3 is 10.2 Å². The number of hydrogen-bond acceptors (Lipinski definition) is 4. The van der Waals surface area contributed by atoms with Crippen LogP contribution in [-0.4, -0.2) is 27.1 Å². The van der Waals surface area contributed by atoms with E-state index in [1.165, 1.54) is 18.2 Å². The molecule has 0 aromatic heterocycles. The Morgan fingerprint density at radius 3 is 2.25 bits per heavy atom. The summed E-state index contributed by atoms with van der Waals surface area (Å²) in [5.41, 5.74) is -1.08. The first-order valence-corrected chi connectivity index (χ1v) is 6.00. The van der Waals surface area contributed by atoms with E-state index in [0.29, 0.717) is 0 Å². The minimum atomic E-state index is -1.43. The summed E-state index contributed by atoms with van der Waals surface area (Å²) >= 11 is 3.02. The first kappa shape index (κ1) is 13.9. The van der Waals surface area contributed by atoms with Gasteiger partial charge in [0, 0.05) is 16.8 Å². The summed E-state index contributed by atoms with van der Waals surface area (Å²) < 4.78 is 0.0469. The Kier molecular flexibility index (Phi) is 3.41. The first-order valence-electron chi connectivity index (χ1n) is 5.20. The Labute approximate surface area is 119 Å². The van der Waals surface area contributed by atoms with Gasteiger partial charge in [0.05, 0.1) is 16.1 Å². The number of aromatic carboxylic acids is 2. The van der Waals surface area contributed by atoms with Crippen LogP contribution in [0.1, 0.15) is 20.7 Å². The molecule has 2 aromatic carbocycles. The Morgan fingerprint density at radius 1 is 1.15 bits per heavy atom. The molecule has 0 amide bonds. The molecule has 0 bridgehead atoms. The second kappa shape index (κ2) is 4.89. The van der Waals surface area contributed by atoms with Gasteiger partial charge in [0.25, 0.3) is 5.69 Å². The van der Waals surface area contributed by atoms with Crippen LogP contribution in [0.15, 0.2) is 28.7 Å². The Bertz CT molecular complexity index is 770. The molecule has 7 nitrogen and oxygen atoms in total. The summed E-state index contributed by atoms with van der Waals surface area (Å²) in [4.78, 5) is 32.6. The van der Waals surface area contributed by atoms with E-state index in [1.54, 1.807) is 0 Å². The smallest absolute Gasteiger partial charge is 0.336 e. The number of carbonyl (C=O) groups is 2. The lowest BCUT2D eigenvalue weighted by atomic mass is 9.98. The fraction of sp³-hybridized carbons (Fsp3) is 0. The highest BCUT2D eigenvalue weighted by Crippen LogP contribution is 2.37. The average Bonchev–Trinajstić information content (AvgIpc) is 2.37. The molecular weight excluding hydrogens is 334 g/mol. The molecule has 0 heterocycles. The van der Waals surface area contributed by atoms with Crippen molar-refractivity contribution in [2.75, 3.05) is 0 Å². The highest BCUT2D eigenvalue weighted by molar-refractivity contribution is 9.10. The van der Waals surface area contributed by atoms with Gasteiger partial charge in [-0.15, -0.1) is 0 Å². The zero-order valence-electron chi connectivity index (χ0n) is 9.66. The van der Waals surface area contributed by atoms with E-state index in [2.05, 4.69) is 15.9 Å². The summed E-state index contributed by atoms with van der Waals surface area (Å²) in [6, 6.07) is 4.91. The van der Waals surface area contributed by atoms with Gasteiger partial charge in [-0.25, -0.2) is 9.59 Å². The Hall–Kier alpha value is -2.48. The Balaban J connectivity index is 3.06. The van der Waals surface area contributed by atoms with Crippen LogP contribution in [0.3, 0.4) is 0 Å². The molecule has 0 fully saturated rings. The van der Waals surface area contributed by atoms with E-state index < -0.39 is 28.1 Å². The van der Waals surface area contributed by atoms with Gasteiger partial charge in [0.15, 0.2) is 0 Å². The lowest BCUT2D eigenvalue weighted by Crippen LogP contribution is -2.06. The van der Waals surface area contributed by atoms with Crippen LogP contribution < -0.4 is 0 Å². The standard InChI is InChI=1S/C12H6BrNO6/c13-10-5-2-1-3-6(11(15)16)9(5)7(12(17)18)4-8(10)14(19)20/h1-4H,(H,15,16)(H,17,18). The molecule has 0 saturated carbocycles. The molecule has 0 aliphatic carbocycles. The molecule has 0 saturated heterocycles. The molecule has 102 valence electrons. The van der Waals surface area contributed by atoms with Crippen LogP contribution in [0.4, 0.5) is 5.69 Å². The van der Waals surface area contributed by atoms with Gasteiger partial charge >= 0.3 is 11.9 Å². The fourth-order valence-electron chi connectivity index (χ4n) is 1.92. The maximum atomic E-state index is 11.2. The van der Waals surface area contributed by atoms with E-state index in [9.17, 15) is 19.7 Å². The third kappa shape index (κ3) is 2.10. The molecule has 0 spiro atoms. The number of carboxylic acids is 2. The highest BCUT2D eigenvalue weighted by atomic mass is 79.9. The molecule has 8 heteroatoms. The summed E-state index contributed by atoms with van der Waals surface area (Å²) in [6.45, 7) is 0. The molecule has 0 aliphatic heterocycles. The first-order chi connectivity index (χ1) is 9.34. The van der Waals surface area contributed by atoms with E-state index in [-0.39, 0.29) is 20.8 Å². The summed E-state index contributed by atoms with van der Waals surface area (Å²) in [5.74, 6) is -2.74. The summed E-state index contributed by atoms with van der Waals surface area (Å²) in [6.07, 6.45) is 0. The SMILES string of the molecule is O=C(O)c1cccc2c(Br)c([N+](=O)[O-])cc(C(=O)O)c12. The zero-order valence-corrected chi connectivity index (χ0v) is 11.2. The van der Waals surface area contributed by atoms with Crippen molar-refractivity contribution in [3.8, 4) is 0 Å². The van der Waals surface area contributed by atoms with Crippen molar-refractivity contribution >= 4 is 44.3 Å².